The molecule has 1 heterocycles. The van der Waals surface area contributed by atoms with Crippen molar-refractivity contribution in [1.82, 2.24) is 5.32 Å². The monoisotopic (exact) mass is 430 g/mol. The molecule has 0 saturated carbocycles. The van der Waals surface area contributed by atoms with Crippen LogP contribution in [0.5, 0.6) is 0 Å². The molecule has 1 amide bonds. The Morgan fingerprint density at radius 3 is 2.40 bits per heavy atom. The second-order valence-electron chi connectivity index (χ2n) is 7.66. The predicted molar refractivity (Wildman–Crippen MR) is 119 cm³/mol. The molecule has 0 bridgehead atoms. The average molecular weight is 431 g/mol. The maximum Gasteiger partial charge on any atom is 0.235 e. The van der Waals surface area contributed by atoms with Gasteiger partial charge in [0.2, 0.25) is 5.91 Å². The van der Waals surface area contributed by atoms with Crippen molar-refractivity contribution in [3.63, 3.8) is 0 Å². The number of carbonyl (C=O) groups is 1. The second kappa shape index (κ2) is 10.6. The van der Waals surface area contributed by atoms with Gasteiger partial charge >= 0.3 is 0 Å². The third-order valence-electron chi connectivity index (χ3n) is 5.26. The van der Waals surface area contributed by atoms with Gasteiger partial charge in [-0.1, -0.05) is 42.5 Å². The van der Waals surface area contributed by atoms with Gasteiger partial charge < -0.3 is 15.0 Å². The minimum absolute atomic E-state index is 0.0118. The normalized spacial score (nSPS) is 15.6. The molecule has 30 heavy (non-hydrogen) atoms. The van der Waals surface area contributed by atoms with Gasteiger partial charge in [-0.25, -0.2) is 8.42 Å². The van der Waals surface area contributed by atoms with Crippen LogP contribution in [-0.2, 0) is 25.8 Å². The number of morpholine rings is 1. The number of sulfone groups is 1. The zero-order valence-corrected chi connectivity index (χ0v) is 18.2. The van der Waals surface area contributed by atoms with Gasteiger partial charge in [-0.3, -0.25) is 4.79 Å². The predicted octanol–water partition coefficient (Wildman–Crippen LogP) is 2.75. The van der Waals surface area contributed by atoms with E-state index in [4.69, 9.17) is 4.74 Å². The maximum absolute atomic E-state index is 12.3. The Balaban J connectivity index is 1.46. The second-order valence-corrected chi connectivity index (χ2v) is 9.85. The molecule has 2 aromatic carbocycles. The molecule has 0 spiro atoms. The Labute approximate surface area is 179 Å². The summed E-state index contributed by atoms with van der Waals surface area (Å²) >= 11 is 0. The topological polar surface area (TPSA) is 75.7 Å². The third kappa shape index (κ3) is 6.85. The molecule has 0 aliphatic carbocycles. The molecule has 1 aliphatic rings. The highest BCUT2D eigenvalue weighted by molar-refractivity contribution is 7.92. The quantitative estimate of drug-likeness (QED) is 0.662. The molecule has 162 valence electrons. The number of carbonyl (C=O) groups excluding carboxylic acids is 1. The maximum atomic E-state index is 12.3. The van der Waals surface area contributed by atoms with E-state index in [1.165, 1.54) is 0 Å². The van der Waals surface area contributed by atoms with Crippen molar-refractivity contribution >= 4 is 21.4 Å². The molecule has 1 N–H and O–H groups in total. The van der Waals surface area contributed by atoms with Crippen molar-refractivity contribution in [2.45, 2.75) is 25.8 Å². The Hall–Kier alpha value is -2.38. The molecule has 0 aromatic heterocycles. The summed E-state index contributed by atoms with van der Waals surface area (Å²) in [6.45, 7) is 5.06. The van der Waals surface area contributed by atoms with Gasteiger partial charge in [0.1, 0.15) is 5.75 Å². The zero-order valence-electron chi connectivity index (χ0n) is 17.4. The van der Waals surface area contributed by atoms with E-state index in [1.807, 2.05) is 61.5 Å². The summed E-state index contributed by atoms with van der Waals surface area (Å²) in [5.74, 6) is -0.921. The first-order chi connectivity index (χ1) is 14.4. The molecule has 2 aromatic rings. The van der Waals surface area contributed by atoms with Crippen molar-refractivity contribution in [1.29, 1.82) is 0 Å². The molecule has 7 heteroatoms. The number of amides is 1. The van der Waals surface area contributed by atoms with Crippen LogP contribution in [0.25, 0.3) is 0 Å². The summed E-state index contributed by atoms with van der Waals surface area (Å²) in [6.07, 6.45) is 1.20. The van der Waals surface area contributed by atoms with Gasteiger partial charge in [-0.05, 0) is 43.0 Å². The van der Waals surface area contributed by atoms with Crippen LogP contribution in [0.4, 0.5) is 5.69 Å². The fourth-order valence-corrected chi connectivity index (χ4v) is 4.79. The van der Waals surface area contributed by atoms with Crippen LogP contribution < -0.4 is 10.2 Å². The molecular formula is C23H30N2O4S. The van der Waals surface area contributed by atoms with Crippen molar-refractivity contribution in [3.05, 3.63) is 65.7 Å². The lowest BCUT2D eigenvalue weighted by atomic mass is 10.1. The van der Waals surface area contributed by atoms with Crippen LogP contribution in [0.3, 0.4) is 0 Å². The summed E-state index contributed by atoms with van der Waals surface area (Å²) in [6, 6.07) is 17.5. The number of rotatable bonds is 9. The van der Waals surface area contributed by atoms with E-state index in [0.29, 0.717) is 12.8 Å². The summed E-state index contributed by atoms with van der Waals surface area (Å²) in [5, 5.41) is 2.81. The number of hydrogen-bond acceptors (Lipinski definition) is 5. The van der Waals surface area contributed by atoms with Crippen LogP contribution in [0, 0.1) is 0 Å². The van der Waals surface area contributed by atoms with Gasteiger partial charge in [-0.2, -0.15) is 0 Å². The van der Waals surface area contributed by atoms with Crippen LogP contribution >= 0.6 is 0 Å². The number of anilines is 1. The lowest BCUT2D eigenvalue weighted by Crippen LogP contribution is -2.36. The fourth-order valence-electron chi connectivity index (χ4n) is 3.57. The summed E-state index contributed by atoms with van der Waals surface area (Å²) < 4.78 is 30.0. The van der Waals surface area contributed by atoms with Gasteiger partial charge in [-0.15, -0.1) is 0 Å². The Kier molecular flexibility index (Phi) is 7.87. The summed E-state index contributed by atoms with van der Waals surface area (Å²) in [5.41, 5.74) is 3.18. The van der Waals surface area contributed by atoms with Gasteiger partial charge in [0.05, 0.1) is 25.0 Å². The molecule has 0 radical (unpaired) electrons. The first kappa shape index (κ1) is 22.3. The minimum Gasteiger partial charge on any atom is -0.378 e. The number of ether oxygens (including phenoxy) is 1. The highest BCUT2D eigenvalue weighted by Gasteiger charge is 2.19. The van der Waals surface area contributed by atoms with E-state index in [9.17, 15) is 13.2 Å². The molecule has 1 aliphatic heterocycles. The lowest BCUT2D eigenvalue weighted by molar-refractivity contribution is -0.119. The minimum atomic E-state index is -3.43. The van der Waals surface area contributed by atoms with E-state index in [1.54, 1.807) is 0 Å². The van der Waals surface area contributed by atoms with Crippen LogP contribution in [0.2, 0.25) is 0 Å². The summed E-state index contributed by atoms with van der Waals surface area (Å²) in [7, 11) is -3.43. The molecule has 1 atom stereocenters. The Morgan fingerprint density at radius 1 is 1.07 bits per heavy atom. The molecular weight excluding hydrogens is 400 g/mol. The first-order valence-corrected chi connectivity index (χ1v) is 12.2. The van der Waals surface area contributed by atoms with Gasteiger partial charge in [0.15, 0.2) is 9.84 Å². The van der Waals surface area contributed by atoms with Crippen LogP contribution in [0.1, 0.15) is 30.5 Å². The zero-order chi connectivity index (χ0) is 21.4. The fraction of sp³-hybridized carbons (Fsp3) is 0.435. The van der Waals surface area contributed by atoms with E-state index in [2.05, 4.69) is 10.2 Å². The molecule has 1 unspecified atom stereocenters. The number of aryl methyl sites for hydroxylation is 1. The largest absolute Gasteiger partial charge is 0.378 e. The third-order valence-corrected chi connectivity index (χ3v) is 6.87. The standard InChI is InChI=1S/C23H30N2O4S/c1-19(21-9-11-22(12-10-21)25-13-15-29-16-14-25)24-23(26)18-30(27,28)17-5-8-20-6-3-2-4-7-20/h2-4,6-7,9-12,19H,5,8,13-18H2,1H3,(H,24,26). The highest BCUT2D eigenvalue weighted by Crippen LogP contribution is 2.20. The number of hydrogen-bond donors (Lipinski definition) is 1. The highest BCUT2D eigenvalue weighted by atomic mass is 32.2. The number of benzene rings is 2. The van der Waals surface area contributed by atoms with Crippen molar-refractivity contribution < 1.29 is 17.9 Å². The van der Waals surface area contributed by atoms with Crippen molar-refractivity contribution in [2.24, 2.45) is 0 Å². The smallest absolute Gasteiger partial charge is 0.235 e. The molecule has 3 rings (SSSR count). The van der Waals surface area contributed by atoms with E-state index in [-0.39, 0.29) is 11.8 Å². The Morgan fingerprint density at radius 2 is 1.73 bits per heavy atom. The Bertz CT molecular complexity index is 908. The van der Waals surface area contributed by atoms with Crippen molar-refractivity contribution in [2.75, 3.05) is 42.7 Å². The van der Waals surface area contributed by atoms with Crippen LogP contribution in [0.15, 0.2) is 54.6 Å². The van der Waals surface area contributed by atoms with Crippen molar-refractivity contribution in [3.8, 4) is 0 Å². The number of nitrogens with one attached hydrogen (secondary N) is 1. The van der Waals surface area contributed by atoms with E-state index < -0.39 is 21.5 Å². The van der Waals surface area contributed by atoms with E-state index in [0.717, 1.165) is 43.1 Å². The summed E-state index contributed by atoms with van der Waals surface area (Å²) in [4.78, 5) is 14.5. The molecule has 6 nitrogen and oxygen atoms in total. The SMILES string of the molecule is CC(NC(=O)CS(=O)(=O)CCCc1ccccc1)c1ccc(N2CCOCC2)cc1. The molecule has 1 fully saturated rings. The lowest BCUT2D eigenvalue weighted by Gasteiger charge is -2.29. The van der Waals surface area contributed by atoms with E-state index >= 15 is 0 Å². The van der Waals surface area contributed by atoms with Crippen LogP contribution in [-0.4, -0.2) is 52.1 Å². The van der Waals surface area contributed by atoms with Gasteiger partial charge in [0, 0.05) is 18.8 Å². The van der Waals surface area contributed by atoms with Gasteiger partial charge in [0.25, 0.3) is 0 Å². The first-order valence-electron chi connectivity index (χ1n) is 10.4. The number of nitrogens with zero attached hydrogens (tertiary/aromatic N) is 1. The molecule has 1 saturated heterocycles. The average Bonchev–Trinajstić information content (AvgIpc) is 2.74.